The van der Waals surface area contributed by atoms with Gasteiger partial charge in [-0.05, 0) is 42.3 Å². The van der Waals surface area contributed by atoms with E-state index in [0.717, 1.165) is 23.4 Å². The molecule has 0 saturated carbocycles. The molecule has 0 bridgehead atoms. The number of hydrogen-bond acceptors (Lipinski definition) is 3. The van der Waals surface area contributed by atoms with Crippen LogP contribution in [0.3, 0.4) is 0 Å². The standard InChI is InChI=1S/C19H20ClN5O/c1-26-18-8-7-15(11-17(18)20)24-19(21)22-10-9-14-12-23-25(13-14)16-5-3-2-4-6-16/h2-8,11-13H,9-10H2,1H3,(H3,21,22,24). The lowest BCUT2D eigenvalue weighted by Gasteiger charge is -2.08. The summed E-state index contributed by atoms with van der Waals surface area (Å²) in [5.74, 6) is 0.949. The number of rotatable bonds is 6. The number of para-hydroxylation sites is 1. The Balaban J connectivity index is 1.55. The van der Waals surface area contributed by atoms with Gasteiger partial charge in [0.1, 0.15) is 5.75 Å². The lowest BCUT2D eigenvalue weighted by Crippen LogP contribution is -2.23. The first-order valence-electron chi connectivity index (χ1n) is 8.15. The summed E-state index contributed by atoms with van der Waals surface area (Å²) in [6.07, 6.45) is 4.59. The number of hydrogen-bond donors (Lipinski definition) is 2. The smallest absolute Gasteiger partial charge is 0.193 e. The van der Waals surface area contributed by atoms with Gasteiger partial charge >= 0.3 is 0 Å². The SMILES string of the molecule is COc1ccc(NC(N)=NCCc2cnn(-c3ccccc3)c2)cc1Cl. The van der Waals surface area contributed by atoms with Crippen molar-refractivity contribution < 1.29 is 4.74 Å². The molecule has 0 aliphatic heterocycles. The van der Waals surface area contributed by atoms with E-state index in [1.807, 2.05) is 53.5 Å². The Hall–Kier alpha value is -2.99. The van der Waals surface area contributed by atoms with Crippen molar-refractivity contribution in [1.29, 1.82) is 0 Å². The van der Waals surface area contributed by atoms with Gasteiger partial charge in [-0.3, -0.25) is 4.99 Å². The summed E-state index contributed by atoms with van der Waals surface area (Å²) in [5, 5.41) is 7.90. The highest BCUT2D eigenvalue weighted by Crippen LogP contribution is 2.27. The van der Waals surface area contributed by atoms with Crippen molar-refractivity contribution in [3.8, 4) is 11.4 Å². The molecule has 26 heavy (non-hydrogen) atoms. The van der Waals surface area contributed by atoms with Crippen molar-refractivity contribution in [1.82, 2.24) is 9.78 Å². The van der Waals surface area contributed by atoms with E-state index < -0.39 is 0 Å². The summed E-state index contributed by atoms with van der Waals surface area (Å²) >= 11 is 6.10. The highest BCUT2D eigenvalue weighted by molar-refractivity contribution is 6.32. The molecule has 0 fully saturated rings. The lowest BCUT2D eigenvalue weighted by atomic mass is 10.2. The van der Waals surface area contributed by atoms with E-state index in [4.69, 9.17) is 22.1 Å². The molecule has 0 aliphatic carbocycles. The van der Waals surface area contributed by atoms with Crippen molar-refractivity contribution in [3.05, 3.63) is 71.5 Å². The Morgan fingerprint density at radius 1 is 1.27 bits per heavy atom. The number of nitrogens with zero attached hydrogens (tertiary/aromatic N) is 3. The molecule has 134 valence electrons. The minimum absolute atomic E-state index is 0.335. The van der Waals surface area contributed by atoms with Crippen LogP contribution in [-0.2, 0) is 6.42 Å². The van der Waals surface area contributed by atoms with E-state index in [1.165, 1.54) is 0 Å². The molecule has 0 unspecified atom stereocenters. The molecule has 3 aromatic rings. The molecule has 3 rings (SSSR count). The van der Waals surface area contributed by atoms with Gasteiger partial charge in [-0.15, -0.1) is 0 Å². The van der Waals surface area contributed by atoms with Gasteiger partial charge in [-0.25, -0.2) is 4.68 Å². The Morgan fingerprint density at radius 2 is 2.08 bits per heavy atom. The van der Waals surface area contributed by atoms with Crippen LogP contribution >= 0.6 is 11.6 Å². The number of guanidine groups is 1. The monoisotopic (exact) mass is 369 g/mol. The number of aromatic nitrogens is 2. The van der Waals surface area contributed by atoms with Gasteiger partial charge in [0.25, 0.3) is 0 Å². The van der Waals surface area contributed by atoms with Gasteiger partial charge in [0.05, 0.1) is 24.0 Å². The Morgan fingerprint density at radius 3 is 2.81 bits per heavy atom. The van der Waals surface area contributed by atoms with Crippen molar-refractivity contribution in [3.63, 3.8) is 0 Å². The molecule has 1 heterocycles. The summed E-state index contributed by atoms with van der Waals surface area (Å²) in [6, 6.07) is 15.3. The van der Waals surface area contributed by atoms with E-state index >= 15 is 0 Å². The number of methoxy groups -OCH3 is 1. The predicted octanol–water partition coefficient (Wildman–Crippen LogP) is 3.50. The van der Waals surface area contributed by atoms with Crippen LogP contribution in [0.5, 0.6) is 5.75 Å². The van der Waals surface area contributed by atoms with Crippen LogP contribution in [-0.4, -0.2) is 29.4 Å². The van der Waals surface area contributed by atoms with Crippen molar-refractivity contribution in [2.24, 2.45) is 10.7 Å². The minimum Gasteiger partial charge on any atom is -0.495 e. The molecular weight excluding hydrogens is 350 g/mol. The van der Waals surface area contributed by atoms with E-state index in [9.17, 15) is 0 Å². The molecule has 7 heteroatoms. The Bertz CT molecular complexity index is 892. The van der Waals surface area contributed by atoms with Gasteiger partial charge in [0.2, 0.25) is 0 Å². The number of benzene rings is 2. The molecule has 6 nitrogen and oxygen atoms in total. The van der Waals surface area contributed by atoms with E-state index in [2.05, 4.69) is 15.4 Å². The Labute approximate surface area is 157 Å². The van der Waals surface area contributed by atoms with Gasteiger partial charge in [0.15, 0.2) is 5.96 Å². The number of halogens is 1. The van der Waals surface area contributed by atoms with Crippen molar-refractivity contribution in [2.45, 2.75) is 6.42 Å². The molecule has 0 aliphatic rings. The first kappa shape index (κ1) is 17.8. The third kappa shape index (κ3) is 4.55. The highest BCUT2D eigenvalue weighted by atomic mass is 35.5. The average molecular weight is 370 g/mol. The van der Waals surface area contributed by atoms with Crippen LogP contribution < -0.4 is 15.8 Å². The maximum absolute atomic E-state index is 6.10. The second-order valence-electron chi connectivity index (χ2n) is 5.62. The first-order valence-corrected chi connectivity index (χ1v) is 8.53. The van der Waals surface area contributed by atoms with Crippen LogP contribution in [0.15, 0.2) is 65.9 Å². The van der Waals surface area contributed by atoms with Crippen LogP contribution in [0.2, 0.25) is 5.02 Å². The van der Waals surface area contributed by atoms with Crippen LogP contribution in [0.4, 0.5) is 5.69 Å². The van der Waals surface area contributed by atoms with Gasteiger partial charge < -0.3 is 15.8 Å². The largest absolute Gasteiger partial charge is 0.495 e. The number of ether oxygens (including phenoxy) is 1. The molecule has 1 aromatic heterocycles. The van der Waals surface area contributed by atoms with Crippen molar-refractivity contribution in [2.75, 3.05) is 19.0 Å². The maximum Gasteiger partial charge on any atom is 0.193 e. The summed E-state index contributed by atoms with van der Waals surface area (Å²) in [4.78, 5) is 4.34. The third-order valence-corrected chi connectivity index (χ3v) is 4.06. The predicted molar refractivity (Wildman–Crippen MR) is 105 cm³/mol. The minimum atomic E-state index is 0.335. The summed E-state index contributed by atoms with van der Waals surface area (Å²) in [6.45, 7) is 0.559. The fraction of sp³-hybridized carbons (Fsp3) is 0.158. The summed E-state index contributed by atoms with van der Waals surface area (Å²) in [5.41, 5.74) is 8.81. The fourth-order valence-corrected chi connectivity index (χ4v) is 2.71. The normalized spacial score (nSPS) is 11.4. The van der Waals surface area contributed by atoms with Crippen molar-refractivity contribution >= 4 is 23.2 Å². The first-order chi connectivity index (χ1) is 12.7. The second-order valence-corrected chi connectivity index (χ2v) is 6.03. The zero-order chi connectivity index (χ0) is 18.4. The maximum atomic E-state index is 6.10. The van der Waals surface area contributed by atoms with E-state index in [0.29, 0.717) is 23.3 Å². The van der Waals surface area contributed by atoms with Gasteiger partial charge in [-0.2, -0.15) is 5.10 Å². The zero-order valence-electron chi connectivity index (χ0n) is 14.4. The van der Waals surface area contributed by atoms with E-state index in [-0.39, 0.29) is 0 Å². The summed E-state index contributed by atoms with van der Waals surface area (Å²) < 4.78 is 6.97. The molecule has 3 N–H and O–H groups in total. The molecular formula is C19H20ClN5O. The summed E-state index contributed by atoms with van der Waals surface area (Å²) in [7, 11) is 1.57. The topological polar surface area (TPSA) is 77.5 Å². The number of aliphatic imine (C=N–C) groups is 1. The average Bonchev–Trinajstić information content (AvgIpc) is 3.11. The fourth-order valence-electron chi connectivity index (χ4n) is 2.45. The van der Waals surface area contributed by atoms with Gasteiger partial charge in [-0.1, -0.05) is 29.8 Å². The second kappa shape index (κ2) is 8.40. The molecule has 0 atom stereocenters. The third-order valence-electron chi connectivity index (χ3n) is 3.76. The molecule has 2 aromatic carbocycles. The molecule has 0 saturated heterocycles. The lowest BCUT2D eigenvalue weighted by molar-refractivity contribution is 0.415. The molecule has 0 spiro atoms. The zero-order valence-corrected chi connectivity index (χ0v) is 15.1. The van der Waals surface area contributed by atoms with Crippen LogP contribution in [0.25, 0.3) is 5.69 Å². The van der Waals surface area contributed by atoms with E-state index in [1.54, 1.807) is 19.2 Å². The highest BCUT2D eigenvalue weighted by Gasteiger charge is 2.03. The number of nitrogens with one attached hydrogen (secondary N) is 1. The number of anilines is 1. The molecule has 0 amide bonds. The number of nitrogens with two attached hydrogens (primary N) is 1. The Kier molecular flexibility index (Phi) is 5.76. The quantitative estimate of drug-likeness (QED) is 0.515. The molecule has 0 radical (unpaired) electrons. The van der Waals surface area contributed by atoms with Crippen LogP contribution in [0, 0.1) is 0 Å². The van der Waals surface area contributed by atoms with Gasteiger partial charge in [0, 0.05) is 18.4 Å². The van der Waals surface area contributed by atoms with Crippen LogP contribution in [0.1, 0.15) is 5.56 Å².